The van der Waals surface area contributed by atoms with Crippen molar-refractivity contribution in [2.75, 3.05) is 27.3 Å². The molecule has 1 aromatic heterocycles. The van der Waals surface area contributed by atoms with Gasteiger partial charge in [0.2, 0.25) is 0 Å². The van der Waals surface area contributed by atoms with Gasteiger partial charge in [0, 0.05) is 44.3 Å². The van der Waals surface area contributed by atoms with Crippen LogP contribution >= 0.6 is 0 Å². The summed E-state index contributed by atoms with van der Waals surface area (Å²) in [4.78, 5) is 26.5. The van der Waals surface area contributed by atoms with Gasteiger partial charge in [-0.2, -0.15) is 0 Å². The molecule has 1 N–H and O–H groups in total. The van der Waals surface area contributed by atoms with E-state index < -0.39 is 17.2 Å². The van der Waals surface area contributed by atoms with Crippen LogP contribution in [0, 0.1) is 6.92 Å². The first-order valence-corrected chi connectivity index (χ1v) is 10.2. The smallest absolute Gasteiger partial charge is 0.256 e. The molecule has 1 atom stereocenters. The van der Waals surface area contributed by atoms with Gasteiger partial charge in [0.05, 0.1) is 20.8 Å². The average molecular weight is 432 g/mol. The van der Waals surface area contributed by atoms with Crippen LogP contribution in [0.2, 0.25) is 0 Å². The second-order valence-electron chi connectivity index (χ2n) is 8.30. The maximum Gasteiger partial charge on any atom is 0.256 e. The van der Waals surface area contributed by atoms with E-state index in [1.807, 2.05) is 0 Å². The van der Waals surface area contributed by atoms with Gasteiger partial charge in [-0.1, -0.05) is 0 Å². The summed E-state index contributed by atoms with van der Waals surface area (Å²) in [5.41, 5.74) is -2.47. The van der Waals surface area contributed by atoms with Crippen LogP contribution in [-0.4, -0.2) is 53.4 Å². The summed E-state index contributed by atoms with van der Waals surface area (Å²) in [6.45, 7) is 3.30. The van der Waals surface area contributed by atoms with Crippen molar-refractivity contribution in [3.63, 3.8) is 0 Å². The number of piperidine rings is 1. The van der Waals surface area contributed by atoms with Gasteiger partial charge in [-0.25, -0.2) is 4.39 Å². The van der Waals surface area contributed by atoms with E-state index in [0.29, 0.717) is 17.1 Å². The number of carbonyl (C=O) groups excluding carboxylic acids is 1. The molecule has 0 saturated carbocycles. The summed E-state index contributed by atoms with van der Waals surface area (Å²) in [6.07, 6.45) is 1.71. The normalized spacial score (nSPS) is 17.7. The maximum atomic E-state index is 15.8. The lowest BCUT2D eigenvalue weighted by Crippen LogP contribution is -2.54. The van der Waals surface area contributed by atoms with Crippen LogP contribution < -0.4 is 15.0 Å². The van der Waals surface area contributed by atoms with E-state index in [2.05, 4.69) is 0 Å². The number of nitrogens with zero attached hydrogens (tertiary/aromatic N) is 2. The summed E-state index contributed by atoms with van der Waals surface area (Å²) in [6, 6.07) is 8.14. The van der Waals surface area contributed by atoms with Crippen LogP contribution in [-0.2, 0) is 17.0 Å². The van der Waals surface area contributed by atoms with Gasteiger partial charge in [0.25, 0.3) is 11.5 Å². The zero-order valence-electron chi connectivity index (χ0n) is 18.4. The van der Waals surface area contributed by atoms with Crippen molar-refractivity contribution in [1.82, 2.24) is 9.47 Å². The molecule has 0 radical (unpaired) electrons. The van der Waals surface area contributed by atoms with Crippen LogP contribution in [0.1, 0.15) is 30.9 Å². The number of aryl methyl sites for hydroxylation is 1. The minimum atomic E-state index is -1.78. The fraction of sp³-hybridized carbons (Fsp3) is 0.478. The number of hydrogen-bond donors (Lipinski definition) is 1. The highest BCUT2D eigenvalue weighted by Gasteiger charge is 2.42. The molecule has 1 aliphatic heterocycles. The summed E-state index contributed by atoms with van der Waals surface area (Å²) in [5, 5.41) is 10.8. The van der Waals surface area contributed by atoms with Crippen LogP contribution in [0.5, 0.6) is 11.5 Å². The molecular weight excluding hydrogens is 403 g/mol. The number of methoxy groups -OCH3 is 2. The molecule has 168 valence electrons. The van der Waals surface area contributed by atoms with E-state index in [4.69, 9.17) is 9.47 Å². The van der Waals surface area contributed by atoms with Crippen LogP contribution in [0.25, 0.3) is 0 Å². The lowest BCUT2D eigenvalue weighted by Gasteiger charge is -2.39. The SMILES string of the molecule is COc1cc(OC)cc(C2(F)CCN(C(=O)C(C)(O)Cn3ccc(C)cc3=O)CC2)c1. The van der Waals surface area contributed by atoms with Crippen molar-refractivity contribution < 1.29 is 23.8 Å². The first kappa shape index (κ1) is 22.8. The number of benzene rings is 1. The number of rotatable bonds is 6. The van der Waals surface area contributed by atoms with Gasteiger partial charge in [0.15, 0.2) is 5.60 Å². The quantitative estimate of drug-likeness (QED) is 0.758. The topological polar surface area (TPSA) is 81.0 Å². The fourth-order valence-corrected chi connectivity index (χ4v) is 3.90. The summed E-state index contributed by atoms with van der Waals surface area (Å²) in [5.74, 6) is 0.470. The number of aliphatic hydroxyl groups is 1. The van der Waals surface area contributed by atoms with E-state index >= 15 is 4.39 Å². The largest absolute Gasteiger partial charge is 0.497 e. The molecule has 0 spiro atoms. The third-order valence-electron chi connectivity index (χ3n) is 5.80. The van der Waals surface area contributed by atoms with E-state index in [-0.39, 0.29) is 38.0 Å². The fourth-order valence-electron chi connectivity index (χ4n) is 3.90. The molecule has 31 heavy (non-hydrogen) atoms. The third-order valence-corrected chi connectivity index (χ3v) is 5.80. The molecule has 1 amide bonds. The Hall–Kier alpha value is -2.87. The number of aromatic nitrogens is 1. The monoisotopic (exact) mass is 432 g/mol. The number of pyridine rings is 1. The molecule has 1 unspecified atom stereocenters. The van der Waals surface area contributed by atoms with Gasteiger partial charge in [-0.3, -0.25) is 9.59 Å². The summed E-state index contributed by atoms with van der Waals surface area (Å²) >= 11 is 0. The molecule has 1 fully saturated rings. The van der Waals surface area contributed by atoms with E-state index in [1.165, 1.54) is 36.7 Å². The number of likely N-dealkylation sites (tertiary alicyclic amines) is 1. The van der Waals surface area contributed by atoms with Crippen molar-refractivity contribution in [3.05, 3.63) is 58.0 Å². The molecule has 2 aromatic rings. The Kier molecular flexibility index (Phi) is 6.40. The molecule has 1 aliphatic rings. The van der Waals surface area contributed by atoms with E-state index in [1.54, 1.807) is 37.4 Å². The van der Waals surface area contributed by atoms with Crippen LogP contribution in [0.4, 0.5) is 4.39 Å². The maximum absolute atomic E-state index is 15.8. The van der Waals surface area contributed by atoms with Crippen molar-refractivity contribution in [3.8, 4) is 11.5 Å². The molecule has 8 heteroatoms. The van der Waals surface area contributed by atoms with Gasteiger partial charge >= 0.3 is 0 Å². The zero-order chi connectivity index (χ0) is 22.8. The van der Waals surface area contributed by atoms with Crippen molar-refractivity contribution >= 4 is 5.91 Å². The Morgan fingerprint density at radius 1 is 1.16 bits per heavy atom. The zero-order valence-corrected chi connectivity index (χ0v) is 18.4. The van der Waals surface area contributed by atoms with Crippen molar-refractivity contribution in [2.24, 2.45) is 0 Å². The average Bonchev–Trinajstić information content (AvgIpc) is 2.75. The van der Waals surface area contributed by atoms with E-state index in [9.17, 15) is 14.7 Å². The van der Waals surface area contributed by atoms with Gasteiger partial charge in [-0.05, 0) is 43.2 Å². The second kappa shape index (κ2) is 8.70. The number of halogens is 1. The lowest BCUT2D eigenvalue weighted by atomic mass is 9.85. The Balaban J connectivity index is 1.72. The first-order chi connectivity index (χ1) is 14.6. The highest BCUT2D eigenvalue weighted by Crippen LogP contribution is 2.40. The Morgan fingerprint density at radius 2 is 1.74 bits per heavy atom. The predicted octanol–water partition coefficient (Wildman–Crippen LogP) is 2.41. The molecule has 1 saturated heterocycles. The summed E-state index contributed by atoms with van der Waals surface area (Å²) < 4.78 is 27.5. The molecule has 0 aliphatic carbocycles. The van der Waals surface area contributed by atoms with Crippen LogP contribution in [0.15, 0.2) is 41.3 Å². The number of alkyl halides is 1. The Morgan fingerprint density at radius 3 is 2.26 bits per heavy atom. The first-order valence-electron chi connectivity index (χ1n) is 10.2. The molecule has 2 heterocycles. The molecular formula is C23H29FN2O5. The highest BCUT2D eigenvalue weighted by molar-refractivity contribution is 5.84. The van der Waals surface area contributed by atoms with Crippen LogP contribution in [0.3, 0.4) is 0 Å². The standard InChI is InChI=1S/C23H29FN2O5/c1-16-5-8-26(20(27)11-16)15-22(2,29)21(28)25-9-6-23(24,7-10-25)17-12-18(30-3)14-19(13-17)31-4/h5,8,11-14,29H,6-7,9-10,15H2,1-4H3. The Labute approximate surface area is 181 Å². The minimum absolute atomic E-state index is 0.0790. The number of hydrogen-bond acceptors (Lipinski definition) is 5. The lowest BCUT2D eigenvalue weighted by molar-refractivity contribution is -0.153. The van der Waals surface area contributed by atoms with Gasteiger partial charge < -0.3 is 24.0 Å². The summed E-state index contributed by atoms with van der Waals surface area (Å²) in [7, 11) is 3.01. The molecule has 3 rings (SSSR count). The highest BCUT2D eigenvalue weighted by atomic mass is 19.1. The number of carbonyl (C=O) groups is 1. The minimum Gasteiger partial charge on any atom is -0.497 e. The molecule has 0 bridgehead atoms. The van der Waals surface area contributed by atoms with Gasteiger partial charge in [0.1, 0.15) is 17.2 Å². The number of amides is 1. The van der Waals surface area contributed by atoms with Crippen molar-refractivity contribution in [1.29, 1.82) is 0 Å². The molecule has 1 aromatic carbocycles. The Bertz CT molecular complexity index is 987. The van der Waals surface area contributed by atoms with Crippen molar-refractivity contribution in [2.45, 2.75) is 44.5 Å². The predicted molar refractivity (Wildman–Crippen MR) is 114 cm³/mol. The van der Waals surface area contributed by atoms with Gasteiger partial charge in [-0.15, -0.1) is 0 Å². The third kappa shape index (κ3) is 4.90. The number of ether oxygens (including phenoxy) is 2. The second-order valence-corrected chi connectivity index (χ2v) is 8.30. The van der Waals surface area contributed by atoms with E-state index in [0.717, 1.165) is 5.56 Å². The molecule has 7 nitrogen and oxygen atoms in total.